The van der Waals surface area contributed by atoms with Crippen molar-refractivity contribution in [1.82, 2.24) is 5.43 Å². The normalized spacial score (nSPS) is 11.2. The minimum atomic E-state index is -0.239. The standard InChI is InChI=1S/C13H12N2O2/c1-10(12-8-5-9-17-12)14-15-13(16)11-6-3-2-4-7-11/h2-9H,1H3,(H,15,16). The zero-order valence-electron chi connectivity index (χ0n) is 9.38. The van der Waals surface area contributed by atoms with Gasteiger partial charge in [-0.3, -0.25) is 4.79 Å². The van der Waals surface area contributed by atoms with Crippen LogP contribution >= 0.6 is 0 Å². The Kier molecular flexibility index (Phi) is 3.35. The van der Waals surface area contributed by atoms with Gasteiger partial charge >= 0.3 is 0 Å². The zero-order chi connectivity index (χ0) is 12.1. The van der Waals surface area contributed by atoms with Crippen molar-refractivity contribution in [2.45, 2.75) is 6.92 Å². The summed E-state index contributed by atoms with van der Waals surface area (Å²) in [4.78, 5) is 11.7. The van der Waals surface area contributed by atoms with E-state index in [0.717, 1.165) is 0 Å². The molecular weight excluding hydrogens is 216 g/mol. The molecule has 0 spiro atoms. The Bertz CT molecular complexity index is 516. The summed E-state index contributed by atoms with van der Waals surface area (Å²) in [6.45, 7) is 1.77. The lowest BCUT2D eigenvalue weighted by Crippen LogP contribution is -2.19. The van der Waals surface area contributed by atoms with Gasteiger partial charge in [-0.15, -0.1) is 0 Å². The van der Waals surface area contributed by atoms with Crippen molar-refractivity contribution in [1.29, 1.82) is 0 Å². The van der Waals surface area contributed by atoms with Crippen molar-refractivity contribution >= 4 is 11.6 Å². The third-order valence-corrected chi connectivity index (χ3v) is 2.24. The van der Waals surface area contributed by atoms with Crippen LogP contribution in [0.2, 0.25) is 0 Å². The summed E-state index contributed by atoms with van der Waals surface area (Å²) in [5.41, 5.74) is 3.67. The first-order valence-corrected chi connectivity index (χ1v) is 5.21. The van der Waals surface area contributed by atoms with Gasteiger partial charge in [0.15, 0.2) is 0 Å². The van der Waals surface area contributed by atoms with E-state index in [1.165, 1.54) is 0 Å². The summed E-state index contributed by atoms with van der Waals surface area (Å²) < 4.78 is 5.15. The van der Waals surface area contributed by atoms with Crippen LogP contribution in [-0.4, -0.2) is 11.6 Å². The molecule has 1 heterocycles. The van der Waals surface area contributed by atoms with Gasteiger partial charge in [0.1, 0.15) is 11.5 Å². The van der Waals surface area contributed by atoms with Gasteiger partial charge in [-0.2, -0.15) is 5.10 Å². The summed E-state index contributed by atoms with van der Waals surface area (Å²) >= 11 is 0. The van der Waals surface area contributed by atoms with E-state index in [1.807, 2.05) is 6.07 Å². The fraction of sp³-hybridized carbons (Fsp3) is 0.0769. The SMILES string of the molecule is CC(=NNC(=O)c1ccccc1)c1ccco1. The van der Waals surface area contributed by atoms with Crippen molar-refractivity contribution in [3.8, 4) is 0 Å². The number of hydrogen-bond donors (Lipinski definition) is 1. The predicted octanol–water partition coefficient (Wildman–Crippen LogP) is 2.43. The Morgan fingerprint density at radius 3 is 2.59 bits per heavy atom. The summed E-state index contributed by atoms with van der Waals surface area (Å²) in [5.74, 6) is 0.398. The van der Waals surface area contributed by atoms with Gasteiger partial charge in [-0.25, -0.2) is 5.43 Å². The third kappa shape index (κ3) is 2.81. The molecule has 0 aliphatic rings. The largest absolute Gasteiger partial charge is 0.463 e. The van der Waals surface area contributed by atoms with E-state index in [0.29, 0.717) is 17.0 Å². The minimum Gasteiger partial charge on any atom is -0.463 e. The molecule has 0 aliphatic carbocycles. The second kappa shape index (κ2) is 5.12. The number of carbonyl (C=O) groups excluding carboxylic acids is 1. The topological polar surface area (TPSA) is 54.6 Å². The number of furan rings is 1. The van der Waals surface area contributed by atoms with E-state index in [9.17, 15) is 4.79 Å². The maximum atomic E-state index is 11.7. The molecule has 4 nitrogen and oxygen atoms in total. The first kappa shape index (κ1) is 11.1. The quantitative estimate of drug-likeness (QED) is 0.648. The Morgan fingerprint density at radius 2 is 1.94 bits per heavy atom. The van der Waals surface area contributed by atoms with Crippen LogP contribution in [-0.2, 0) is 0 Å². The second-order valence-electron chi connectivity index (χ2n) is 3.48. The lowest BCUT2D eigenvalue weighted by Gasteiger charge is -2.00. The van der Waals surface area contributed by atoms with Crippen LogP contribution in [0.1, 0.15) is 23.0 Å². The van der Waals surface area contributed by atoms with E-state index in [-0.39, 0.29) is 5.91 Å². The molecule has 0 atom stereocenters. The molecule has 86 valence electrons. The molecule has 1 aromatic carbocycles. The number of amides is 1. The number of hydrogen-bond acceptors (Lipinski definition) is 3. The van der Waals surface area contributed by atoms with E-state index in [1.54, 1.807) is 49.6 Å². The fourth-order valence-corrected chi connectivity index (χ4v) is 1.33. The van der Waals surface area contributed by atoms with Crippen LogP contribution in [0.4, 0.5) is 0 Å². The van der Waals surface area contributed by atoms with E-state index >= 15 is 0 Å². The van der Waals surface area contributed by atoms with E-state index in [4.69, 9.17) is 4.42 Å². The molecule has 0 aliphatic heterocycles. The lowest BCUT2D eigenvalue weighted by molar-refractivity contribution is 0.0955. The van der Waals surface area contributed by atoms with Gasteiger partial charge in [0.25, 0.3) is 5.91 Å². The van der Waals surface area contributed by atoms with Crippen molar-refractivity contribution in [3.05, 3.63) is 60.1 Å². The number of nitrogens with zero attached hydrogens (tertiary/aromatic N) is 1. The molecule has 2 rings (SSSR count). The monoisotopic (exact) mass is 228 g/mol. The lowest BCUT2D eigenvalue weighted by atomic mass is 10.2. The van der Waals surface area contributed by atoms with Gasteiger partial charge in [0, 0.05) is 5.56 Å². The first-order valence-electron chi connectivity index (χ1n) is 5.21. The molecule has 0 radical (unpaired) electrons. The van der Waals surface area contributed by atoms with Crippen molar-refractivity contribution < 1.29 is 9.21 Å². The highest BCUT2D eigenvalue weighted by Crippen LogP contribution is 2.02. The third-order valence-electron chi connectivity index (χ3n) is 2.24. The zero-order valence-corrected chi connectivity index (χ0v) is 9.38. The summed E-state index contributed by atoms with van der Waals surface area (Å²) in [5, 5.41) is 3.97. The molecule has 0 saturated carbocycles. The molecule has 1 N–H and O–H groups in total. The van der Waals surface area contributed by atoms with Gasteiger partial charge in [-0.1, -0.05) is 18.2 Å². The van der Waals surface area contributed by atoms with E-state index < -0.39 is 0 Å². The maximum absolute atomic E-state index is 11.7. The molecule has 0 saturated heterocycles. The van der Waals surface area contributed by atoms with Crippen LogP contribution in [0.5, 0.6) is 0 Å². The van der Waals surface area contributed by atoms with Crippen LogP contribution < -0.4 is 5.43 Å². The smallest absolute Gasteiger partial charge is 0.271 e. The second-order valence-corrected chi connectivity index (χ2v) is 3.48. The average molecular weight is 228 g/mol. The summed E-state index contributed by atoms with van der Waals surface area (Å²) in [7, 11) is 0. The van der Waals surface area contributed by atoms with Gasteiger partial charge < -0.3 is 4.42 Å². The van der Waals surface area contributed by atoms with Gasteiger partial charge in [0.05, 0.1) is 6.26 Å². The maximum Gasteiger partial charge on any atom is 0.271 e. The molecular formula is C13H12N2O2. The number of carbonyl (C=O) groups is 1. The van der Waals surface area contributed by atoms with Crippen LogP contribution in [0.3, 0.4) is 0 Å². The van der Waals surface area contributed by atoms with Crippen LogP contribution in [0.25, 0.3) is 0 Å². The highest BCUT2D eigenvalue weighted by Gasteiger charge is 2.04. The average Bonchev–Trinajstić information content (AvgIpc) is 2.90. The predicted molar refractivity (Wildman–Crippen MR) is 64.8 cm³/mol. The number of hydrazone groups is 1. The molecule has 4 heteroatoms. The first-order chi connectivity index (χ1) is 8.27. The van der Waals surface area contributed by atoms with Crippen LogP contribution in [0, 0.1) is 0 Å². The van der Waals surface area contributed by atoms with Gasteiger partial charge in [0.2, 0.25) is 0 Å². The van der Waals surface area contributed by atoms with Crippen LogP contribution in [0.15, 0.2) is 58.2 Å². The molecule has 17 heavy (non-hydrogen) atoms. The Labute approximate surface area is 99.0 Å². The summed E-state index contributed by atoms with van der Waals surface area (Å²) in [6.07, 6.45) is 1.56. The number of rotatable bonds is 3. The molecule has 0 fully saturated rings. The summed E-state index contributed by atoms with van der Waals surface area (Å²) in [6, 6.07) is 12.5. The minimum absolute atomic E-state index is 0.239. The Morgan fingerprint density at radius 1 is 1.18 bits per heavy atom. The Hall–Kier alpha value is -2.36. The number of nitrogens with one attached hydrogen (secondary N) is 1. The highest BCUT2D eigenvalue weighted by atomic mass is 16.3. The fourth-order valence-electron chi connectivity index (χ4n) is 1.33. The van der Waals surface area contributed by atoms with Crippen molar-refractivity contribution in [2.75, 3.05) is 0 Å². The Balaban J connectivity index is 2.04. The van der Waals surface area contributed by atoms with Crippen molar-refractivity contribution in [2.24, 2.45) is 5.10 Å². The molecule has 1 amide bonds. The molecule has 1 aromatic heterocycles. The molecule has 0 bridgehead atoms. The van der Waals surface area contributed by atoms with E-state index in [2.05, 4.69) is 10.5 Å². The number of benzene rings is 1. The van der Waals surface area contributed by atoms with Gasteiger partial charge in [-0.05, 0) is 31.2 Å². The molecule has 2 aromatic rings. The van der Waals surface area contributed by atoms with Crippen molar-refractivity contribution in [3.63, 3.8) is 0 Å². The molecule has 0 unspecified atom stereocenters. The highest BCUT2D eigenvalue weighted by molar-refractivity contribution is 5.99.